The number of nitrogens with zero attached hydrogens (tertiary/aromatic N) is 2. The Morgan fingerprint density at radius 1 is 1.41 bits per heavy atom. The lowest BCUT2D eigenvalue weighted by Crippen LogP contribution is -1.94. The van der Waals surface area contributed by atoms with E-state index in [4.69, 9.17) is 10.00 Å². The smallest absolute Gasteiger partial charge is 0.140 e. The first-order valence-electron chi connectivity index (χ1n) is 4.94. The number of aromatic nitrogens is 1. The average Bonchev–Trinajstić information content (AvgIpc) is 2.69. The second-order valence-electron chi connectivity index (χ2n) is 3.38. The summed E-state index contributed by atoms with van der Waals surface area (Å²) in [7, 11) is 0. The Hall–Kier alpha value is -1.93. The summed E-state index contributed by atoms with van der Waals surface area (Å²) in [5.41, 5.74) is 0.718. The van der Waals surface area contributed by atoms with Crippen molar-refractivity contribution in [3.63, 3.8) is 0 Å². The van der Waals surface area contributed by atoms with Crippen molar-refractivity contribution in [1.82, 2.24) is 4.98 Å². The van der Waals surface area contributed by atoms with Crippen molar-refractivity contribution in [1.29, 1.82) is 5.26 Å². The maximum atomic E-state index is 12.7. The second-order valence-corrected chi connectivity index (χ2v) is 4.46. The minimum Gasteiger partial charge on any atom is -0.486 e. The van der Waals surface area contributed by atoms with Crippen molar-refractivity contribution in [2.75, 3.05) is 0 Å². The van der Waals surface area contributed by atoms with E-state index in [2.05, 4.69) is 11.1 Å². The Morgan fingerprint density at radius 2 is 2.12 bits per heavy atom. The molecule has 17 heavy (non-hydrogen) atoms. The minimum absolute atomic E-state index is 0.290. The van der Waals surface area contributed by atoms with Gasteiger partial charge in [0.25, 0.3) is 0 Å². The van der Waals surface area contributed by atoms with Crippen LogP contribution in [-0.4, -0.2) is 4.98 Å². The molecule has 0 spiro atoms. The van der Waals surface area contributed by atoms with Crippen molar-refractivity contribution in [2.24, 2.45) is 0 Å². The van der Waals surface area contributed by atoms with Crippen molar-refractivity contribution in [2.45, 2.75) is 13.5 Å². The Kier molecular flexibility index (Phi) is 3.35. The van der Waals surface area contributed by atoms with Crippen LogP contribution in [0.3, 0.4) is 0 Å². The van der Waals surface area contributed by atoms with Gasteiger partial charge in [0.1, 0.15) is 34.1 Å². The van der Waals surface area contributed by atoms with Crippen molar-refractivity contribution >= 4 is 11.3 Å². The molecule has 0 atom stereocenters. The number of thiazole rings is 1. The van der Waals surface area contributed by atoms with E-state index in [0.717, 1.165) is 10.7 Å². The van der Waals surface area contributed by atoms with Gasteiger partial charge in [0.15, 0.2) is 0 Å². The average molecular weight is 248 g/mol. The number of benzene rings is 1. The topological polar surface area (TPSA) is 45.9 Å². The number of aryl methyl sites for hydroxylation is 1. The summed E-state index contributed by atoms with van der Waals surface area (Å²) >= 11 is 1.31. The second kappa shape index (κ2) is 4.93. The van der Waals surface area contributed by atoms with Crippen LogP contribution in [0.5, 0.6) is 5.75 Å². The monoisotopic (exact) mass is 248 g/mol. The summed E-state index contributed by atoms with van der Waals surface area (Å²) in [6.07, 6.45) is 0. The molecule has 0 saturated carbocycles. The normalized spacial score (nSPS) is 9.94. The highest BCUT2D eigenvalue weighted by molar-refractivity contribution is 7.12. The molecule has 0 saturated heterocycles. The molecule has 0 aliphatic heterocycles. The third kappa shape index (κ3) is 2.80. The van der Waals surface area contributed by atoms with Crippen LogP contribution >= 0.6 is 11.3 Å². The van der Waals surface area contributed by atoms with E-state index in [9.17, 15) is 4.39 Å². The highest BCUT2D eigenvalue weighted by atomic mass is 32.1. The van der Waals surface area contributed by atoms with E-state index in [1.807, 2.05) is 0 Å². The molecule has 0 fully saturated rings. The predicted molar refractivity (Wildman–Crippen MR) is 62.3 cm³/mol. The van der Waals surface area contributed by atoms with Gasteiger partial charge in [-0.05, 0) is 31.2 Å². The molecule has 0 bridgehead atoms. The molecule has 86 valence electrons. The summed E-state index contributed by atoms with van der Waals surface area (Å²) < 4.78 is 18.1. The zero-order valence-electron chi connectivity index (χ0n) is 9.11. The number of ether oxygens (including phenoxy) is 1. The fraction of sp³-hybridized carbons (Fsp3) is 0.167. The van der Waals surface area contributed by atoms with Crippen LogP contribution in [0.15, 0.2) is 24.3 Å². The molecular weight excluding hydrogens is 239 g/mol. The van der Waals surface area contributed by atoms with Gasteiger partial charge in [0, 0.05) is 0 Å². The van der Waals surface area contributed by atoms with Gasteiger partial charge in [-0.3, -0.25) is 0 Å². The van der Waals surface area contributed by atoms with Gasteiger partial charge in [0.2, 0.25) is 0 Å². The van der Waals surface area contributed by atoms with Crippen LogP contribution in [0, 0.1) is 24.1 Å². The largest absolute Gasteiger partial charge is 0.486 e. The lowest BCUT2D eigenvalue weighted by atomic mass is 10.3. The van der Waals surface area contributed by atoms with Crippen molar-refractivity contribution < 1.29 is 9.13 Å². The van der Waals surface area contributed by atoms with Crippen LogP contribution in [0.25, 0.3) is 0 Å². The molecule has 5 heteroatoms. The fourth-order valence-electron chi connectivity index (χ4n) is 1.29. The van der Waals surface area contributed by atoms with Gasteiger partial charge in [0.05, 0.1) is 5.69 Å². The Labute approximate surface area is 102 Å². The summed E-state index contributed by atoms with van der Waals surface area (Å²) in [6, 6.07) is 7.86. The van der Waals surface area contributed by atoms with E-state index < -0.39 is 0 Å². The molecular formula is C12H9FN2OS. The number of halogens is 1. The van der Waals surface area contributed by atoms with E-state index in [-0.39, 0.29) is 5.82 Å². The van der Waals surface area contributed by atoms with E-state index >= 15 is 0 Å². The highest BCUT2D eigenvalue weighted by Gasteiger charge is 2.07. The molecule has 1 aromatic carbocycles. The molecule has 0 N–H and O–H groups in total. The van der Waals surface area contributed by atoms with Crippen molar-refractivity contribution in [3.05, 3.63) is 45.7 Å². The Morgan fingerprint density at radius 3 is 2.71 bits per heavy atom. The first-order chi connectivity index (χ1) is 8.19. The predicted octanol–water partition coefficient (Wildman–Crippen LogP) is 3.04. The quantitative estimate of drug-likeness (QED) is 0.838. The van der Waals surface area contributed by atoms with Gasteiger partial charge in [-0.2, -0.15) is 5.26 Å². The Bertz CT molecular complexity index is 557. The van der Waals surface area contributed by atoms with Crippen molar-refractivity contribution in [3.8, 4) is 11.8 Å². The van der Waals surface area contributed by atoms with Crippen LogP contribution in [-0.2, 0) is 6.61 Å². The van der Waals surface area contributed by atoms with Gasteiger partial charge in [-0.15, -0.1) is 11.3 Å². The third-order valence-electron chi connectivity index (χ3n) is 2.12. The summed E-state index contributed by atoms with van der Waals surface area (Å²) in [4.78, 5) is 4.81. The molecule has 0 aliphatic carbocycles. The Balaban J connectivity index is 2.02. The first kappa shape index (κ1) is 11.6. The van der Waals surface area contributed by atoms with E-state index in [0.29, 0.717) is 17.2 Å². The lowest BCUT2D eigenvalue weighted by Gasteiger charge is -2.02. The molecule has 1 heterocycles. The number of rotatable bonds is 3. The standard InChI is InChI=1S/C12H9FN2OS/c1-8-11(6-14)17-12(15-8)7-16-10-4-2-9(13)3-5-10/h2-5H,7H2,1H3. The molecule has 0 aliphatic rings. The van der Waals surface area contributed by atoms with Gasteiger partial charge in [-0.25, -0.2) is 9.37 Å². The zero-order valence-corrected chi connectivity index (χ0v) is 9.92. The number of hydrogen-bond donors (Lipinski definition) is 0. The van der Waals surface area contributed by atoms with E-state index in [1.54, 1.807) is 19.1 Å². The molecule has 0 amide bonds. The maximum Gasteiger partial charge on any atom is 0.140 e. The summed E-state index contributed by atoms with van der Waals surface area (Å²) in [5.74, 6) is 0.284. The van der Waals surface area contributed by atoms with Gasteiger partial charge < -0.3 is 4.74 Å². The first-order valence-corrected chi connectivity index (χ1v) is 5.75. The molecule has 2 aromatic rings. The van der Waals surface area contributed by atoms with Crippen LogP contribution in [0.1, 0.15) is 15.6 Å². The van der Waals surface area contributed by atoms with Crippen LogP contribution in [0.2, 0.25) is 0 Å². The summed E-state index contributed by atoms with van der Waals surface area (Å²) in [5, 5.41) is 9.52. The highest BCUT2D eigenvalue weighted by Crippen LogP contribution is 2.19. The lowest BCUT2D eigenvalue weighted by molar-refractivity contribution is 0.305. The molecule has 3 nitrogen and oxygen atoms in total. The summed E-state index contributed by atoms with van der Waals surface area (Å²) in [6.45, 7) is 2.08. The molecule has 0 unspecified atom stereocenters. The van der Waals surface area contributed by atoms with Gasteiger partial charge in [-0.1, -0.05) is 0 Å². The molecule has 0 radical (unpaired) electrons. The van der Waals surface area contributed by atoms with E-state index in [1.165, 1.54) is 23.5 Å². The fourth-order valence-corrected chi connectivity index (χ4v) is 2.07. The minimum atomic E-state index is -0.297. The zero-order chi connectivity index (χ0) is 12.3. The number of hydrogen-bond acceptors (Lipinski definition) is 4. The van der Waals surface area contributed by atoms with Gasteiger partial charge >= 0.3 is 0 Å². The maximum absolute atomic E-state index is 12.7. The van der Waals surface area contributed by atoms with Crippen LogP contribution in [0.4, 0.5) is 4.39 Å². The molecule has 1 aromatic heterocycles. The molecule has 2 rings (SSSR count). The SMILES string of the molecule is Cc1nc(COc2ccc(F)cc2)sc1C#N. The number of nitriles is 1. The third-order valence-corrected chi connectivity index (χ3v) is 3.15. The van der Waals surface area contributed by atoms with Crippen LogP contribution < -0.4 is 4.74 Å².